The van der Waals surface area contributed by atoms with Crippen LogP contribution in [0.15, 0.2) is 53.4 Å². The first-order valence-electron chi connectivity index (χ1n) is 9.03. The van der Waals surface area contributed by atoms with Gasteiger partial charge in [-0.15, -0.1) is 0 Å². The Balaban J connectivity index is 2.32. The average Bonchev–Trinajstić information content (AvgIpc) is 2.63. The molecule has 0 saturated carbocycles. The van der Waals surface area contributed by atoms with Crippen molar-refractivity contribution in [3.8, 4) is 5.75 Å². The van der Waals surface area contributed by atoms with E-state index in [1.165, 1.54) is 12.1 Å². The van der Waals surface area contributed by atoms with Crippen molar-refractivity contribution in [2.45, 2.75) is 44.6 Å². The molecule has 0 aromatic heterocycles. The van der Waals surface area contributed by atoms with Crippen molar-refractivity contribution < 1.29 is 17.9 Å². The standard InChI is InChI=1S/C20H26N2O4S/c1-4-9-15(3)22-27(24,25)17-12-13-19(26-5-2)18(14-17)21-20(23)16-10-7-6-8-11-16/h6-8,10-15,22H,4-5,9H2,1-3H3,(H,21,23)/t15-/m0/s1. The lowest BCUT2D eigenvalue weighted by molar-refractivity contribution is 0.102. The molecule has 0 heterocycles. The molecule has 1 atom stereocenters. The Morgan fingerprint density at radius 3 is 2.44 bits per heavy atom. The highest BCUT2D eigenvalue weighted by atomic mass is 32.2. The van der Waals surface area contributed by atoms with Crippen molar-refractivity contribution >= 4 is 21.6 Å². The van der Waals surface area contributed by atoms with Crippen LogP contribution in [0.5, 0.6) is 5.75 Å². The highest BCUT2D eigenvalue weighted by molar-refractivity contribution is 7.89. The predicted molar refractivity (Wildman–Crippen MR) is 107 cm³/mol. The molecule has 146 valence electrons. The fourth-order valence-electron chi connectivity index (χ4n) is 2.66. The van der Waals surface area contributed by atoms with Crippen molar-refractivity contribution in [2.24, 2.45) is 0 Å². The maximum Gasteiger partial charge on any atom is 0.255 e. The highest BCUT2D eigenvalue weighted by Crippen LogP contribution is 2.28. The summed E-state index contributed by atoms with van der Waals surface area (Å²) >= 11 is 0. The van der Waals surface area contributed by atoms with Gasteiger partial charge < -0.3 is 10.1 Å². The number of ether oxygens (including phenoxy) is 1. The van der Waals surface area contributed by atoms with E-state index < -0.39 is 10.0 Å². The Labute approximate surface area is 161 Å². The van der Waals surface area contributed by atoms with Gasteiger partial charge in [0.15, 0.2) is 0 Å². The van der Waals surface area contributed by atoms with Gasteiger partial charge in [-0.1, -0.05) is 31.5 Å². The smallest absolute Gasteiger partial charge is 0.255 e. The van der Waals surface area contributed by atoms with E-state index in [1.54, 1.807) is 30.3 Å². The summed E-state index contributed by atoms with van der Waals surface area (Å²) in [7, 11) is -3.69. The van der Waals surface area contributed by atoms with Crippen molar-refractivity contribution in [2.75, 3.05) is 11.9 Å². The maximum absolute atomic E-state index is 12.6. The number of hydrogen-bond acceptors (Lipinski definition) is 4. The average molecular weight is 391 g/mol. The van der Waals surface area contributed by atoms with E-state index in [0.717, 1.165) is 12.8 Å². The Hall–Kier alpha value is -2.38. The zero-order valence-corrected chi connectivity index (χ0v) is 16.7. The van der Waals surface area contributed by atoms with Gasteiger partial charge in [-0.2, -0.15) is 0 Å². The molecule has 1 amide bonds. The van der Waals surface area contributed by atoms with Crippen LogP contribution in [0, 0.1) is 0 Å². The second-order valence-electron chi connectivity index (χ2n) is 6.22. The first-order valence-corrected chi connectivity index (χ1v) is 10.5. The van der Waals surface area contributed by atoms with Gasteiger partial charge >= 0.3 is 0 Å². The molecule has 7 heteroatoms. The minimum atomic E-state index is -3.69. The van der Waals surface area contributed by atoms with Gasteiger partial charge in [-0.3, -0.25) is 4.79 Å². The molecule has 0 unspecified atom stereocenters. The molecule has 0 fully saturated rings. The van der Waals surface area contributed by atoms with Gasteiger partial charge in [0.05, 0.1) is 17.2 Å². The summed E-state index contributed by atoms with van der Waals surface area (Å²) in [6.07, 6.45) is 1.62. The lowest BCUT2D eigenvalue weighted by Gasteiger charge is -2.16. The van der Waals surface area contributed by atoms with E-state index in [2.05, 4.69) is 10.0 Å². The van der Waals surface area contributed by atoms with Crippen LogP contribution in [0.4, 0.5) is 5.69 Å². The van der Waals surface area contributed by atoms with Crippen molar-refractivity contribution in [1.82, 2.24) is 4.72 Å². The molecule has 0 aliphatic carbocycles. The zero-order valence-electron chi connectivity index (χ0n) is 15.9. The minimum absolute atomic E-state index is 0.0808. The van der Waals surface area contributed by atoms with Gasteiger partial charge in [0, 0.05) is 11.6 Å². The number of carbonyl (C=O) groups excluding carboxylic acids is 1. The van der Waals surface area contributed by atoms with Gasteiger partial charge in [-0.25, -0.2) is 13.1 Å². The molecule has 0 radical (unpaired) electrons. The summed E-state index contributed by atoms with van der Waals surface area (Å²) in [5.74, 6) is 0.0840. The third kappa shape index (κ3) is 5.80. The van der Waals surface area contributed by atoms with Crippen LogP contribution in [-0.4, -0.2) is 27.0 Å². The lowest BCUT2D eigenvalue weighted by Crippen LogP contribution is -2.32. The fourth-order valence-corrected chi connectivity index (χ4v) is 3.97. The monoisotopic (exact) mass is 390 g/mol. The van der Waals surface area contributed by atoms with Gasteiger partial charge in [0.25, 0.3) is 5.91 Å². The Kier molecular flexibility index (Phi) is 7.38. The molecule has 2 aromatic carbocycles. The number of carbonyl (C=O) groups is 1. The van der Waals surface area contributed by atoms with E-state index in [1.807, 2.05) is 26.8 Å². The van der Waals surface area contributed by atoms with E-state index in [9.17, 15) is 13.2 Å². The molecule has 0 spiro atoms. The zero-order chi connectivity index (χ0) is 19.9. The minimum Gasteiger partial charge on any atom is -0.492 e. The number of benzene rings is 2. The normalized spacial score (nSPS) is 12.4. The number of hydrogen-bond donors (Lipinski definition) is 2. The summed E-state index contributed by atoms with van der Waals surface area (Å²) in [4.78, 5) is 12.5. The van der Waals surface area contributed by atoms with Crippen molar-refractivity contribution in [3.05, 3.63) is 54.1 Å². The Morgan fingerprint density at radius 1 is 1.11 bits per heavy atom. The van der Waals surface area contributed by atoms with Crippen molar-refractivity contribution in [1.29, 1.82) is 0 Å². The van der Waals surface area contributed by atoms with Crippen LogP contribution in [0.1, 0.15) is 44.0 Å². The molecule has 0 aliphatic heterocycles. The van der Waals surface area contributed by atoms with Gasteiger partial charge in [0.1, 0.15) is 5.75 Å². The second kappa shape index (κ2) is 9.53. The summed E-state index contributed by atoms with van der Waals surface area (Å²) in [6, 6.07) is 13.0. The number of nitrogens with one attached hydrogen (secondary N) is 2. The van der Waals surface area contributed by atoms with Crippen LogP contribution in [0.25, 0.3) is 0 Å². The van der Waals surface area contributed by atoms with Gasteiger partial charge in [0.2, 0.25) is 10.0 Å². The first-order chi connectivity index (χ1) is 12.9. The third-order valence-corrected chi connectivity index (χ3v) is 5.51. The topological polar surface area (TPSA) is 84.5 Å². The molecule has 0 saturated heterocycles. The van der Waals surface area contributed by atoms with Gasteiger partial charge in [-0.05, 0) is 50.6 Å². The SMILES string of the molecule is CCC[C@H](C)NS(=O)(=O)c1ccc(OCC)c(NC(=O)c2ccccc2)c1. The summed E-state index contributed by atoms with van der Waals surface area (Å²) < 4.78 is 33.4. The number of sulfonamides is 1. The van der Waals surface area contributed by atoms with Crippen LogP contribution in [0.3, 0.4) is 0 Å². The van der Waals surface area contributed by atoms with Crippen LogP contribution in [-0.2, 0) is 10.0 Å². The number of amides is 1. The Morgan fingerprint density at radius 2 is 1.81 bits per heavy atom. The molecule has 2 N–H and O–H groups in total. The lowest BCUT2D eigenvalue weighted by atomic mass is 10.2. The number of anilines is 1. The number of rotatable bonds is 9. The third-order valence-electron chi connectivity index (χ3n) is 3.92. The predicted octanol–water partition coefficient (Wildman–Crippen LogP) is 3.80. The second-order valence-corrected chi connectivity index (χ2v) is 7.94. The van der Waals surface area contributed by atoms with Crippen LogP contribution < -0.4 is 14.8 Å². The largest absolute Gasteiger partial charge is 0.492 e. The van der Waals surface area contributed by atoms with Crippen molar-refractivity contribution in [3.63, 3.8) is 0 Å². The molecule has 6 nitrogen and oxygen atoms in total. The molecule has 2 rings (SSSR count). The van der Waals surface area contributed by atoms with E-state index in [0.29, 0.717) is 23.6 Å². The van der Waals surface area contributed by atoms with Crippen LogP contribution >= 0.6 is 0 Å². The first kappa shape index (κ1) is 20.9. The van der Waals surface area contributed by atoms with E-state index in [4.69, 9.17) is 4.74 Å². The fraction of sp³-hybridized carbons (Fsp3) is 0.350. The maximum atomic E-state index is 12.6. The van der Waals surface area contributed by atoms with E-state index in [-0.39, 0.29) is 16.8 Å². The summed E-state index contributed by atoms with van der Waals surface area (Å²) in [6.45, 7) is 6.04. The highest BCUT2D eigenvalue weighted by Gasteiger charge is 2.20. The molecule has 0 aliphatic rings. The summed E-state index contributed by atoms with van der Waals surface area (Å²) in [5.41, 5.74) is 0.791. The van der Waals surface area contributed by atoms with Crippen LogP contribution in [0.2, 0.25) is 0 Å². The molecule has 0 bridgehead atoms. The summed E-state index contributed by atoms with van der Waals surface area (Å²) in [5, 5.41) is 2.75. The Bertz CT molecular complexity index is 867. The van der Waals surface area contributed by atoms with E-state index >= 15 is 0 Å². The molecule has 27 heavy (non-hydrogen) atoms. The molecular weight excluding hydrogens is 364 g/mol. The molecule has 2 aromatic rings. The quantitative estimate of drug-likeness (QED) is 0.682. The molecular formula is C20H26N2O4S.